The molecule has 0 amide bonds. The lowest BCUT2D eigenvalue weighted by molar-refractivity contribution is 0.305. The Kier molecular flexibility index (Phi) is 5.96. The van der Waals surface area contributed by atoms with Gasteiger partial charge in [-0.05, 0) is 54.1 Å². The van der Waals surface area contributed by atoms with Gasteiger partial charge in [0.25, 0.3) is 0 Å². The van der Waals surface area contributed by atoms with Crippen molar-refractivity contribution >= 4 is 60.7 Å². The quantitative estimate of drug-likeness (QED) is 0.280. The Morgan fingerprint density at radius 2 is 1.93 bits per heavy atom. The van der Waals surface area contributed by atoms with E-state index in [0.29, 0.717) is 28.0 Å². The van der Waals surface area contributed by atoms with Crippen molar-refractivity contribution in [3.63, 3.8) is 0 Å². The lowest BCUT2D eigenvalue weighted by Gasteiger charge is -2.10. The molecule has 0 unspecified atom stereocenters. The van der Waals surface area contributed by atoms with Crippen molar-refractivity contribution in [3.8, 4) is 11.8 Å². The fourth-order valence-corrected chi connectivity index (χ4v) is 4.23. The maximum Gasteiger partial charge on any atom is 0.135 e. The molecule has 1 heterocycles. The van der Waals surface area contributed by atoms with Gasteiger partial charge in [-0.2, -0.15) is 5.26 Å². The van der Waals surface area contributed by atoms with E-state index in [4.69, 9.17) is 16.3 Å². The van der Waals surface area contributed by atoms with Crippen LogP contribution in [0.3, 0.4) is 0 Å². The third-order valence-corrected chi connectivity index (χ3v) is 6.04. The summed E-state index contributed by atoms with van der Waals surface area (Å²) in [5.41, 5.74) is 3.21. The van der Waals surface area contributed by atoms with Crippen LogP contribution < -0.4 is 4.74 Å². The Bertz CT molecular complexity index is 1210. The van der Waals surface area contributed by atoms with E-state index in [9.17, 15) is 5.26 Å². The number of fused-ring (bicyclic) bond motifs is 1. The number of hydrogen-bond acceptors (Lipinski definition) is 4. The molecule has 29 heavy (non-hydrogen) atoms. The van der Waals surface area contributed by atoms with Gasteiger partial charge in [0.05, 0.1) is 15.8 Å². The van der Waals surface area contributed by atoms with E-state index in [0.717, 1.165) is 25.8 Å². The van der Waals surface area contributed by atoms with Gasteiger partial charge in [-0.15, -0.1) is 11.3 Å². The zero-order valence-electron chi connectivity index (χ0n) is 15.1. The van der Waals surface area contributed by atoms with Gasteiger partial charge in [0.1, 0.15) is 23.4 Å². The zero-order valence-corrected chi connectivity index (χ0v) is 18.3. The predicted molar refractivity (Wildman–Crippen MR) is 123 cm³/mol. The Morgan fingerprint density at radius 1 is 1.14 bits per heavy atom. The molecule has 0 spiro atoms. The molecule has 1 aromatic heterocycles. The molecule has 4 rings (SSSR count). The molecule has 0 radical (unpaired) electrons. The molecule has 0 aliphatic heterocycles. The first-order valence-electron chi connectivity index (χ1n) is 8.77. The number of ether oxygens (including phenoxy) is 1. The summed E-state index contributed by atoms with van der Waals surface area (Å²) in [6.07, 6.45) is 1.82. The van der Waals surface area contributed by atoms with Gasteiger partial charge >= 0.3 is 0 Å². The number of nitrogens with zero attached hydrogens (tertiary/aromatic N) is 2. The van der Waals surface area contributed by atoms with E-state index < -0.39 is 0 Å². The standard InChI is InChI=1S/C23H14BrClN2OS/c24-18-7-10-21(28-14-15-5-8-19(25)9-6-15)16(12-18)11-17(13-26)23-27-20-3-1-2-4-22(20)29-23/h1-12H,14H2/b17-11+. The molecule has 3 aromatic carbocycles. The van der Waals surface area contributed by atoms with Crippen molar-refractivity contribution in [1.82, 2.24) is 4.98 Å². The van der Waals surface area contributed by atoms with Gasteiger partial charge in [-0.3, -0.25) is 0 Å². The SMILES string of the molecule is N#C/C(=C\c1cc(Br)ccc1OCc1ccc(Cl)cc1)c1nc2ccccc2s1. The fraction of sp³-hybridized carbons (Fsp3) is 0.0435. The zero-order chi connectivity index (χ0) is 20.2. The summed E-state index contributed by atoms with van der Waals surface area (Å²) >= 11 is 10.9. The van der Waals surface area contributed by atoms with Crippen LogP contribution in [-0.4, -0.2) is 4.98 Å². The first-order valence-corrected chi connectivity index (χ1v) is 10.8. The van der Waals surface area contributed by atoms with Crippen LogP contribution in [0.5, 0.6) is 5.75 Å². The third-order valence-electron chi connectivity index (χ3n) is 4.22. The number of nitriles is 1. The summed E-state index contributed by atoms with van der Waals surface area (Å²) in [6, 6.07) is 23.4. The number of aromatic nitrogens is 1. The van der Waals surface area contributed by atoms with Crippen LogP contribution in [-0.2, 0) is 6.61 Å². The van der Waals surface area contributed by atoms with E-state index in [1.165, 1.54) is 11.3 Å². The second kappa shape index (κ2) is 8.79. The number of hydrogen-bond donors (Lipinski definition) is 0. The molecule has 0 aliphatic carbocycles. The Morgan fingerprint density at radius 3 is 2.69 bits per heavy atom. The molecule has 0 atom stereocenters. The molecule has 0 saturated carbocycles. The third kappa shape index (κ3) is 4.68. The molecule has 0 bridgehead atoms. The number of halogens is 2. The van der Waals surface area contributed by atoms with Gasteiger partial charge < -0.3 is 4.74 Å². The Labute approximate surface area is 186 Å². The maximum absolute atomic E-state index is 9.74. The lowest BCUT2D eigenvalue weighted by Crippen LogP contribution is -1.97. The average Bonchev–Trinajstić information content (AvgIpc) is 3.16. The number of allylic oxidation sites excluding steroid dienone is 1. The smallest absolute Gasteiger partial charge is 0.135 e. The van der Waals surface area contributed by atoms with Crippen LogP contribution in [0.15, 0.2) is 71.2 Å². The molecule has 0 fully saturated rings. The van der Waals surface area contributed by atoms with Crippen LogP contribution in [0.25, 0.3) is 21.9 Å². The highest BCUT2D eigenvalue weighted by Gasteiger charge is 2.11. The molecule has 0 saturated heterocycles. The van der Waals surface area contributed by atoms with Crippen molar-refractivity contribution in [3.05, 3.63) is 92.4 Å². The monoisotopic (exact) mass is 480 g/mol. The maximum atomic E-state index is 9.74. The minimum absolute atomic E-state index is 0.405. The molecule has 0 aliphatic rings. The summed E-state index contributed by atoms with van der Waals surface area (Å²) in [6.45, 7) is 0.405. The Hall–Kier alpha value is -2.65. The molecule has 142 valence electrons. The molecule has 3 nitrogen and oxygen atoms in total. The predicted octanol–water partition coefficient (Wildman–Crippen LogP) is 7.36. The lowest BCUT2D eigenvalue weighted by atomic mass is 10.1. The van der Waals surface area contributed by atoms with Gasteiger partial charge in [-0.25, -0.2) is 4.98 Å². The number of para-hydroxylation sites is 1. The van der Waals surface area contributed by atoms with Crippen LogP contribution in [0.2, 0.25) is 5.02 Å². The first kappa shape index (κ1) is 19.7. The first-order chi connectivity index (χ1) is 14.1. The molecular weight excluding hydrogens is 468 g/mol. The highest BCUT2D eigenvalue weighted by Crippen LogP contribution is 2.31. The average molecular weight is 482 g/mol. The summed E-state index contributed by atoms with van der Waals surface area (Å²) in [4.78, 5) is 4.60. The van der Waals surface area contributed by atoms with Crippen molar-refractivity contribution in [1.29, 1.82) is 5.26 Å². The topological polar surface area (TPSA) is 45.9 Å². The normalized spacial score (nSPS) is 11.4. The van der Waals surface area contributed by atoms with Crippen LogP contribution >= 0.6 is 38.9 Å². The van der Waals surface area contributed by atoms with E-state index in [2.05, 4.69) is 27.0 Å². The van der Waals surface area contributed by atoms with Gasteiger partial charge in [-0.1, -0.05) is 51.8 Å². The van der Waals surface area contributed by atoms with Crippen LogP contribution in [0.4, 0.5) is 0 Å². The van der Waals surface area contributed by atoms with Gasteiger partial charge in [0.15, 0.2) is 0 Å². The minimum atomic E-state index is 0.405. The van der Waals surface area contributed by atoms with E-state index in [-0.39, 0.29) is 0 Å². The molecular formula is C23H14BrClN2OS. The Balaban J connectivity index is 1.66. The largest absolute Gasteiger partial charge is 0.488 e. The van der Waals surface area contributed by atoms with Crippen molar-refractivity contribution < 1.29 is 4.74 Å². The molecule has 6 heteroatoms. The van der Waals surface area contributed by atoms with Crippen LogP contribution in [0, 0.1) is 11.3 Å². The second-order valence-corrected chi connectivity index (χ2v) is 8.64. The number of thiazole rings is 1. The summed E-state index contributed by atoms with van der Waals surface area (Å²) in [5, 5.41) is 11.1. The number of benzene rings is 3. The molecule has 0 N–H and O–H groups in total. The van der Waals surface area contributed by atoms with Crippen LogP contribution in [0.1, 0.15) is 16.1 Å². The summed E-state index contributed by atoms with van der Waals surface area (Å²) < 4.78 is 7.98. The van der Waals surface area contributed by atoms with Crippen molar-refractivity contribution in [2.45, 2.75) is 6.61 Å². The van der Waals surface area contributed by atoms with Crippen molar-refractivity contribution in [2.24, 2.45) is 0 Å². The highest BCUT2D eigenvalue weighted by atomic mass is 79.9. The fourth-order valence-electron chi connectivity index (χ4n) is 2.79. The number of rotatable bonds is 5. The van der Waals surface area contributed by atoms with Crippen molar-refractivity contribution in [2.75, 3.05) is 0 Å². The summed E-state index contributed by atoms with van der Waals surface area (Å²) in [7, 11) is 0. The van der Waals surface area contributed by atoms with E-state index in [1.807, 2.05) is 72.8 Å². The van der Waals surface area contributed by atoms with Gasteiger partial charge in [0.2, 0.25) is 0 Å². The second-order valence-electron chi connectivity index (χ2n) is 6.25. The van der Waals surface area contributed by atoms with Gasteiger partial charge in [0, 0.05) is 15.1 Å². The molecule has 4 aromatic rings. The highest BCUT2D eigenvalue weighted by molar-refractivity contribution is 9.10. The van der Waals surface area contributed by atoms with E-state index >= 15 is 0 Å². The summed E-state index contributed by atoms with van der Waals surface area (Å²) in [5.74, 6) is 0.692. The van der Waals surface area contributed by atoms with E-state index in [1.54, 1.807) is 0 Å². The minimum Gasteiger partial charge on any atom is -0.488 e.